The minimum Gasteiger partial charge on any atom is -0.395 e. The maximum atomic E-state index is 8.74. The lowest BCUT2D eigenvalue weighted by atomic mass is 10.2. The molecule has 3 nitrogen and oxygen atoms in total. The lowest BCUT2D eigenvalue weighted by Gasteiger charge is -2.07. The fourth-order valence-electron chi connectivity index (χ4n) is 1.47. The molecule has 0 spiro atoms. The van der Waals surface area contributed by atoms with E-state index in [-0.39, 0.29) is 6.61 Å². The van der Waals surface area contributed by atoms with Crippen molar-refractivity contribution in [2.45, 2.75) is 0 Å². The quantitative estimate of drug-likeness (QED) is 0.838. The Bertz CT molecular complexity index is 473. The van der Waals surface area contributed by atoms with Gasteiger partial charge in [0, 0.05) is 28.8 Å². The Morgan fingerprint density at radius 2 is 2.20 bits per heavy atom. The summed E-state index contributed by atoms with van der Waals surface area (Å²) in [5.74, 6) is 0. The number of fused-ring (bicyclic) bond motifs is 1. The van der Waals surface area contributed by atoms with Gasteiger partial charge in [0.1, 0.15) is 0 Å². The van der Waals surface area contributed by atoms with Gasteiger partial charge in [-0.3, -0.25) is 4.98 Å². The maximum Gasteiger partial charge on any atom is 0.0737 e. The van der Waals surface area contributed by atoms with E-state index < -0.39 is 0 Å². The third-order valence-corrected chi connectivity index (χ3v) is 2.37. The fourth-order valence-corrected chi connectivity index (χ4v) is 1.63. The third kappa shape index (κ3) is 2.19. The second-order valence-electron chi connectivity index (χ2n) is 3.17. The van der Waals surface area contributed by atoms with Gasteiger partial charge in [-0.25, -0.2) is 0 Å². The van der Waals surface area contributed by atoms with Crippen LogP contribution in [0.2, 0.25) is 5.02 Å². The molecule has 2 aromatic rings. The van der Waals surface area contributed by atoms with Crippen LogP contribution < -0.4 is 5.32 Å². The fraction of sp³-hybridized carbons (Fsp3) is 0.182. The average molecular weight is 223 g/mol. The van der Waals surface area contributed by atoms with Crippen LogP contribution in [0.5, 0.6) is 0 Å². The van der Waals surface area contributed by atoms with Crippen LogP contribution in [-0.2, 0) is 0 Å². The highest BCUT2D eigenvalue weighted by atomic mass is 35.5. The summed E-state index contributed by atoms with van der Waals surface area (Å²) in [6.45, 7) is 0.638. The zero-order chi connectivity index (χ0) is 10.7. The summed E-state index contributed by atoms with van der Waals surface area (Å²) in [7, 11) is 0. The number of benzene rings is 1. The number of aliphatic hydroxyl groups is 1. The summed E-state index contributed by atoms with van der Waals surface area (Å²) in [5.41, 5.74) is 1.82. The van der Waals surface area contributed by atoms with Crippen LogP contribution in [0, 0.1) is 0 Å². The van der Waals surface area contributed by atoms with Crippen molar-refractivity contribution in [3.63, 3.8) is 0 Å². The molecule has 1 aromatic heterocycles. The van der Waals surface area contributed by atoms with Gasteiger partial charge in [0.15, 0.2) is 0 Å². The van der Waals surface area contributed by atoms with Crippen molar-refractivity contribution in [2.24, 2.45) is 0 Å². The molecule has 2 N–H and O–H groups in total. The lowest BCUT2D eigenvalue weighted by molar-refractivity contribution is 0.311. The molecule has 1 heterocycles. The van der Waals surface area contributed by atoms with Crippen molar-refractivity contribution in [2.75, 3.05) is 18.5 Å². The zero-order valence-corrected chi connectivity index (χ0v) is 8.83. The standard InChI is InChI=1S/C11H11ClN2O/c12-8-1-2-9-10(14-5-6-15)3-4-13-11(9)7-8/h1-4,7,15H,5-6H2,(H,13,14). The van der Waals surface area contributed by atoms with Crippen molar-refractivity contribution in [3.8, 4) is 0 Å². The lowest BCUT2D eigenvalue weighted by Crippen LogP contribution is -2.05. The van der Waals surface area contributed by atoms with Gasteiger partial charge in [-0.15, -0.1) is 0 Å². The SMILES string of the molecule is OCCNc1ccnc2cc(Cl)ccc12. The number of halogens is 1. The van der Waals surface area contributed by atoms with Crippen molar-refractivity contribution in [1.29, 1.82) is 0 Å². The smallest absolute Gasteiger partial charge is 0.0737 e. The monoisotopic (exact) mass is 222 g/mol. The van der Waals surface area contributed by atoms with Crippen LogP contribution in [0.1, 0.15) is 0 Å². The van der Waals surface area contributed by atoms with E-state index in [1.54, 1.807) is 6.20 Å². The Kier molecular flexibility index (Phi) is 3.04. The highest BCUT2D eigenvalue weighted by Crippen LogP contribution is 2.23. The van der Waals surface area contributed by atoms with E-state index in [2.05, 4.69) is 10.3 Å². The van der Waals surface area contributed by atoms with Crippen LogP contribution in [0.25, 0.3) is 10.9 Å². The van der Waals surface area contributed by atoms with Crippen molar-refractivity contribution in [3.05, 3.63) is 35.5 Å². The molecule has 0 amide bonds. The molecule has 15 heavy (non-hydrogen) atoms. The molecule has 0 aliphatic heterocycles. The van der Waals surface area contributed by atoms with Crippen LogP contribution in [0.15, 0.2) is 30.5 Å². The Morgan fingerprint density at radius 3 is 3.00 bits per heavy atom. The molecule has 0 saturated carbocycles. The van der Waals surface area contributed by atoms with Crippen molar-refractivity contribution < 1.29 is 5.11 Å². The second kappa shape index (κ2) is 4.47. The van der Waals surface area contributed by atoms with E-state index in [1.165, 1.54) is 0 Å². The molecular formula is C11H11ClN2O. The topological polar surface area (TPSA) is 45.1 Å². The van der Waals surface area contributed by atoms with Gasteiger partial charge in [0.2, 0.25) is 0 Å². The highest BCUT2D eigenvalue weighted by molar-refractivity contribution is 6.31. The first-order valence-electron chi connectivity index (χ1n) is 4.70. The van der Waals surface area contributed by atoms with E-state index in [0.29, 0.717) is 11.6 Å². The molecule has 0 aliphatic rings. The van der Waals surface area contributed by atoms with E-state index in [1.807, 2.05) is 24.3 Å². The van der Waals surface area contributed by atoms with Gasteiger partial charge in [-0.1, -0.05) is 11.6 Å². The molecule has 0 aliphatic carbocycles. The molecule has 0 fully saturated rings. The normalized spacial score (nSPS) is 10.5. The number of anilines is 1. The van der Waals surface area contributed by atoms with Crippen LogP contribution in [-0.4, -0.2) is 23.2 Å². The predicted molar refractivity (Wildman–Crippen MR) is 62.3 cm³/mol. The summed E-state index contributed by atoms with van der Waals surface area (Å²) < 4.78 is 0. The first-order valence-corrected chi connectivity index (χ1v) is 5.08. The second-order valence-corrected chi connectivity index (χ2v) is 3.61. The highest BCUT2D eigenvalue weighted by Gasteiger charge is 2.01. The van der Waals surface area contributed by atoms with E-state index in [0.717, 1.165) is 16.6 Å². The predicted octanol–water partition coefficient (Wildman–Crippen LogP) is 2.29. The first kappa shape index (κ1) is 10.2. The molecule has 4 heteroatoms. The summed E-state index contributed by atoms with van der Waals surface area (Å²) in [6.07, 6.45) is 1.72. The number of nitrogens with one attached hydrogen (secondary N) is 1. The molecule has 0 unspecified atom stereocenters. The molecule has 0 bridgehead atoms. The largest absolute Gasteiger partial charge is 0.395 e. The number of nitrogens with zero attached hydrogens (tertiary/aromatic N) is 1. The first-order chi connectivity index (χ1) is 7.31. The maximum absolute atomic E-state index is 8.74. The van der Waals surface area contributed by atoms with Gasteiger partial charge in [-0.05, 0) is 24.3 Å². The molecule has 0 atom stereocenters. The molecule has 1 aromatic carbocycles. The number of aliphatic hydroxyl groups excluding tert-OH is 1. The average Bonchev–Trinajstić information content (AvgIpc) is 2.25. The van der Waals surface area contributed by atoms with E-state index in [9.17, 15) is 0 Å². The minimum absolute atomic E-state index is 0.109. The molecule has 78 valence electrons. The van der Waals surface area contributed by atoms with Gasteiger partial charge in [-0.2, -0.15) is 0 Å². The van der Waals surface area contributed by atoms with Crippen LogP contribution in [0.4, 0.5) is 5.69 Å². The molecular weight excluding hydrogens is 212 g/mol. The number of hydrogen-bond donors (Lipinski definition) is 2. The van der Waals surface area contributed by atoms with Crippen LogP contribution >= 0.6 is 11.6 Å². The number of pyridine rings is 1. The number of hydrogen-bond acceptors (Lipinski definition) is 3. The number of aromatic nitrogens is 1. The van der Waals surface area contributed by atoms with Gasteiger partial charge in [0.25, 0.3) is 0 Å². The Morgan fingerprint density at radius 1 is 1.33 bits per heavy atom. The Hall–Kier alpha value is -1.32. The van der Waals surface area contributed by atoms with Crippen molar-refractivity contribution >= 4 is 28.2 Å². The Balaban J connectivity index is 2.46. The van der Waals surface area contributed by atoms with Crippen LogP contribution in [0.3, 0.4) is 0 Å². The third-order valence-electron chi connectivity index (χ3n) is 2.13. The zero-order valence-electron chi connectivity index (χ0n) is 8.07. The van der Waals surface area contributed by atoms with Gasteiger partial charge in [0.05, 0.1) is 12.1 Å². The van der Waals surface area contributed by atoms with E-state index >= 15 is 0 Å². The molecule has 0 radical (unpaired) electrons. The van der Waals surface area contributed by atoms with Gasteiger partial charge < -0.3 is 10.4 Å². The molecule has 0 saturated heterocycles. The summed E-state index contributed by atoms with van der Waals surface area (Å²) in [6, 6.07) is 7.45. The summed E-state index contributed by atoms with van der Waals surface area (Å²) in [4.78, 5) is 4.22. The Labute approximate surface area is 92.7 Å². The van der Waals surface area contributed by atoms with E-state index in [4.69, 9.17) is 16.7 Å². The van der Waals surface area contributed by atoms with Crippen molar-refractivity contribution in [1.82, 2.24) is 4.98 Å². The summed E-state index contributed by atoms with van der Waals surface area (Å²) >= 11 is 5.87. The van der Waals surface area contributed by atoms with Gasteiger partial charge >= 0.3 is 0 Å². The summed E-state index contributed by atoms with van der Waals surface area (Å²) in [5, 5.41) is 13.6. The number of rotatable bonds is 3. The minimum atomic E-state index is 0.109. The molecule has 2 rings (SSSR count).